The first-order chi connectivity index (χ1) is 14.5. The zero-order valence-corrected chi connectivity index (χ0v) is 18.5. The lowest BCUT2D eigenvalue weighted by molar-refractivity contribution is -0.116. The van der Waals surface area contributed by atoms with Crippen LogP contribution in [0.1, 0.15) is 40.9 Å². The van der Waals surface area contributed by atoms with Gasteiger partial charge in [-0.1, -0.05) is 29.8 Å². The summed E-state index contributed by atoms with van der Waals surface area (Å²) in [4.78, 5) is 14.6. The van der Waals surface area contributed by atoms with Crippen molar-refractivity contribution in [3.63, 3.8) is 0 Å². The van der Waals surface area contributed by atoms with Crippen molar-refractivity contribution in [2.45, 2.75) is 40.2 Å². The van der Waals surface area contributed by atoms with Crippen molar-refractivity contribution in [3.8, 4) is 0 Å². The van der Waals surface area contributed by atoms with E-state index < -0.39 is 0 Å². The lowest BCUT2D eigenvalue weighted by Gasteiger charge is -2.26. The Bertz CT molecular complexity index is 849. The molecule has 30 heavy (non-hydrogen) atoms. The van der Waals surface area contributed by atoms with E-state index in [9.17, 15) is 4.79 Å². The van der Waals surface area contributed by atoms with Gasteiger partial charge in [-0.3, -0.25) is 14.4 Å². The van der Waals surface area contributed by atoms with Gasteiger partial charge in [-0.2, -0.15) is 5.10 Å². The highest BCUT2D eigenvalue weighted by Gasteiger charge is 2.11. The van der Waals surface area contributed by atoms with Crippen molar-refractivity contribution >= 4 is 12.0 Å². The highest BCUT2D eigenvalue weighted by Crippen LogP contribution is 2.16. The molecule has 1 fully saturated rings. The SMILES string of the molecule is Cc1ccc(Cn2nc(C)c(/C=C/C(=O)NCCCCN3CCOCC3)c2C)cc1. The molecule has 1 N–H and O–H groups in total. The number of carbonyl (C=O) groups excluding carboxylic acids is 1. The summed E-state index contributed by atoms with van der Waals surface area (Å²) in [7, 11) is 0. The molecule has 0 radical (unpaired) electrons. The Morgan fingerprint density at radius 2 is 1.87 bits per heavy atom. The standard InChI is InChI=1S/C24H34N4O2/c1-19-6-8-22(9-7-19)18-28-21(3)23(20(2)26-28)10-11-24(29)25-12-4-5-13-27-14-16-30-17-15-27/h6-11H,4-5,12-18H2,1-3H3,(H,25,29)/b11-10+. The minimum Gasteiger partial charge on any atom is -0.379 e. The van der Waals surface area contributed by atoms with Gasteiger partial charge in [0.25, 0.3) is 0 Å². The van der Waals surface area contributed by atoms with Crippen LogP contribution in [0.5, 0.6) is 0 Å². The molecule has 1 aromatic heterocycles. The van der Waals surface area contributed by atoms with E-state index in [1.165, 1.54) is 11.1 Å². The van der Waals surface area contributed by atoms with Crippen LogP contribution in [0.15, 0.2) is 30.3 Å². The molecular formula is C24H34N4O2. The van der Waals surface area contributed by atoms with Gasteiger partial charge in [-0.05, 0) is 51.8 Å². The van der Waals surface area contributed by atoms with Crippen molar-refractivity contribution in [3.05, 3.63) is 58.4 Å². The molecule has 0 unspecified atom stereocenters. The third-order valence-corrected chi connectivity index (χ3v) is 5.60. The van der Waals surface area contributed by atoms with Gasteiger partial charge in [0.15, 0.2) is 0 Å². The molecule has 3 rings (SSSR count). The van der Waals surface area contributed by atoms with Crippen molar-refractivity contribution in [1.82, 2.24) is 20.0 Å². The number of carbonyl (C=O) groups is 1. The van der Waals surface area contributed by atoms with Gasteiger partial charge in [-0.25, -0.2) is 0 Å². The second-order valence-electron chi connectivity index (χ2n) is 8.01. The van der Waals surface area contributed by atoms with Gasteiger partial charge < -0.3 is 10.1 Å². The van der Waals surface area contributed by atoms with Crippen LogP contribution in [-0.4, -0.2) is 60.0 Å². The minimum absolute atomic E-state index is 0.0496. The van der Waals surface area contributed by atoms with Gasteiger partial charge in [0.2, 0.25) is 5.91 Å². The van der Waals surface area contributed by atoms with Gasteiger partial charge >= 0.3 is 0 Å². The maximum absolute atomic E-state index is 12.2. The number of benzene rings is 1. The van der Waals surface area contributed by atoms with Gasteiger partial charge in [0, 0.05) is 37.0 Å². The molecule has 1 aliphatic heterocycles. The Hall–Kier alpha value is -2.44. The number of rotatable bonds is 9. The van der Waals surface area contributed by atoms with Crippen molar-refractivity contribution in [2.75, 3.05) is 39.4 Å². The van der Waals surface area contributed by atoms with Crippen LogP contribution in [0.4, 0.5) is 0 Å². The average molecular weight is 411 g/mol. The lowest BCUT2D eigenvalue weighted by Crippen LogP contribution is -2.37. The Balaban J connectivity index is 1.44. The van der Waals surface area contributed by atoms with Gasteiger partial charge in [0.05, 0.1) is 25.5 Å². The van der Waals surface area contributed by atoms with Gasteiger partial charge in [-0.15, -0.1) is 0 Å². The molecule has 0 atom stereocenters. The van der Waals surface area contributed by atoms with E-state index in [0.29, 0.717) is 6.54 Å². The monoisotopic (exact) mass is 410 g/mol. The third kappa shape index (κ3) is 6.54. The number of aryl methyl sites for hydroxylation is 2. The number of hydrogen-bond acceptors (Lipinski definition) is 4. The molecule has 6 heteroatoms. The highest BCUT2D eigenvalue weighted by molar-refractivity contribution is 5.91. The molecule has 2 aromatic rings. The molecule has 1 amide bonds. The van der Waals surface area contributed by atoms with Crippen LogP contribution in [0.2, 0.25) is 0 Å². The molecule has 6 nitrogen and oxygen atoms in total. The molecule has 0 spiro atoms. The maximum Gasteiger partial charge on any atom is 0.244 e. The molecule has 0 aliphatic carbocycles. The summed E-state index contributed by atoms with van der Waals surface area (Å²) in [5.41, 5.74) is 5.50. The largest absolute Gasteiger partial charge is 0.379 e. The summed E-state index contributed by atoms with van der Waals surface area (Å²) in [6, 6.07) is 8.50. The number of amides is 1. The first-order valence-corrected chi connectivity index (χ1v) is 10.9. The van der Waals surface area contributed by atoms with E-state index in [0.717, 1.165) is 69.2 Å². The second-order valence-corrected chi connectivity index (χ2v) is 8.01. The van der Waals surface area contributed by atoms with Crippen molar-refractivity contribution in [1.29, 1.82) is 0 Å². The fourth-order valence-corrected chi connectivity index (χ4v) is 3.69. The quantitative estimate of drug-likeness (QED) is 0.510. The Morgan fingerprint density at radius 3 is 2.60 bits per heavy atom. The zero-order valence-electron chi connectivity index (χ0n) is 18.5. The summed E-state index contributed by atoms with van der Waals surface area (Å²) in [5.74, 6) is -0.0496. The van der Waals surface area contributed by atoms with Crippen LogP contribution in [0.25, 0.3) is 6.08 Å². The van der Waals surface area contributed by atoms with Crippen LogP contribution in [0.3, 0.4) is 0 Å². The van der Waals surface area contributed by atoms with Crippen LogP contribution < -0.4 is 5.32 Å². The Labute approximate surface area is 179 Å². The highest BCUT2D eigenvalue weighted by atomic mass is 16.5. The number of morpholine rings is 1. The maximum atomic E-state index is 12.2. The van der Waals surface area contributed by atoms with Crippen molar-refractivity contribution < 1.29 is 9.53 Å². The fourth-order valence-electron chi connectivity index (χ4n) is 3.69. The van der Waals surface area contributed by atoms with E-state index in [4.69, 9.17) is 4.74 Å². The molecule has 162 valence electrons. The minimum atomic E-state index is -0.0496. The predicted octanol–water partition coefficient (Wildman–Crippen LogP) is 3.10. The molecular weight excluding hydrogens is 376 g/mol. The summed E-state index contributed by atoms with van der Waals surface area (Å²) in [6.45, 7) is 12.4. The zero-order chi connectivity index (χ0) is 21.3. The normalized spacial score (nSPS) is 15.0. The van der Waals surface area contributed by atoms with Crippen LogP contribution in [-0.2, 0) is 16.1 Å². The molecule has 0 saturated carbocycles. The first-order valence-electron chi connectivity index (χ1n) is 10.9. The number of nitrogens with zero attached hydrogens (tertiary/aromatic N) is 3. The topological polar surface area (TPSA) is 59.4 Å². The molecule has 0 bridgehead atoms. The summed E-state index contributed by atoms with van der Waals surface area (Å²) in [5, 5.41) is 7.64. The van der Waals surface area contributed by atoms with Gasteiger partial charge in [0.1, 0.15) is 0 Å². The van der Waals surface area contributed by atoms with E-state index in [1.54, 1.807) is 6.08 Å². The van der Waals surface area contributed by atoms with Crippen LogP contribution >= 0.6 is 0 Å². The Kier molecular flexibility index (Phi) is 8.22. The second kappa shape index (κ2) is 11.1. The summed E-state index contributed by atoms with van der Waals surface area (Å²) in [6.07, 6.45) is 5.58. The molecule has 1 saturated heterocycles. The summed E-state index contributed by atoms with van der Waals surface area (Å²) < 4.78 is 7.37. The lowest BCUT2D eigenvalue weighted by atomic mass is 10.1. The van der Waals surface area contributed by atoms with Crippen LogP contribution in [0, 0.1) is 20.8 Å². The number of ether oxygens (including phenoxy) is 1. The van der Waals surface area contributed by atoms with E-state index in [1.807, 2.05) is 17.7 Å². The molecule has 1 aliphatic rings. The predicted molar refractivity (Wildman–Crippen MR) is 121 cm³/mol. The Morgan fingerprint density at radius 1 is 1.13 bits per heavy atom. The molecule has 2 heterocycles. The van der Waals surface area contributed by atoms with E-state index in [2.05, 4.69) is 53.4 Å². The number of aromatic nitrogens is 2. The summed E-state index contributed by atoms with van der Waals surface area (Å²) >= 11 is 0. The average Bonchev–Trinajstić information content (AvgIpc) is 3.01. The van der Waals surface area contributed by atoms with Crippen molar-refractivity contribution in [2.24, 2.45) is 0 Å². The molecule has 1 aromatic carbocycles. The number of unbranched alkanes of at least 4 members (excludes halogenated alkanes) is 1. The number of hydrogen-bond donors (Lipinski definition) is 1. The third-order valence-electron chi connectivity index (χ3n) is 5.60. The number of nitrogens with one attached hydrogen (secondary N) is 1. The van der Waals surface area contributed by atoms with E-state index in [-0.39, 0.29) is 5.91 Å². The van der Waals surface area contributed by atoms with E-state index >= 15 is 0 Å². The smallest absolute Gasteiger partial charge is 0.244 e. The first kappa shape index (κ1) is 22.2. The fraction of sp³-hybridized carbons (Fsp3) is 0.500.